The van der Waals surface area contributed by atoms with Crippen molar-refractivity contribution in [1.82, 2.24) is 0 Å². The normalized spacial score (nSPS) is 12.1. The lowest BCUT2D eigenvalue weighted by Gasteiger charge is -2.18. The largest absolute Gasteiger partial charge is 0.462 e. The van der Waals surface area contributed by atoms with Gasteiger partial charge in [-0.25, -0.2) is 0 Å². The summed E-state index contributed by atoms with van der Waals surface area (Å²) >= 11 is 0. The highest BCUT2D eigenvalue weighted by Gasteiger charge is 2.19. The van der Waals surface area contributed by atoms with Gasteiger partial charge in [-0.3, -0.25) is 14.4 Å². The van der Waals surface area contributed by atoms with Crippen LogP contribution < -0.4 is 0 Å². The summed E-state index contributed by atoms with van der Waals surface area (Å²) in [5, 5.41) is 0. The number of ether oxygens (including phenoxy) is 3. The van der Waals surface area contributed by atoms with Gasteiger partial charge >= 0.3 is 17.9 Å². The predicted octanol–water partition coefficient (Wildman–Crippen LogP) is 14.6. The lowest BCUT2D eigenvalue weighted by atomic mass is 10.0. The molecule has 0 aliphatic rings. The fraction of sp³-hybridized carbons (Fsp3) is 0.936. The molecule has 0 amide bonds. The Balaban J connectivity index is 4.31. The van der Waals surface area contributed by atoms with Crippen LogP contribution in [0.15, 0.2) is 0 Å². The van der Waals surface area contributed by atoms with Crippen LogP contribution in [0.1, 0.15) is 253 Å². The van der Waals surface area contributed by atoms with E-state index in [4.69, 9.17) is 14.2 Å². The van der Waals surface area contributed by atoms with Crippen LogP contribution >= 0.6 is 0 Å². The fourth-order valence-corrected chi connectivity index (χ4v) is 6.93. The van der Waals surface area contributed by atoms with Crippen LogP contribution in [0.4, 0.5) is 0 Å². The lowest BCUT2D eigenvalue weighted by Crippen LogP contribution is -2.30. The van der Waals surface area contributed by atoms with Crippen molar-refractivity contribution < 1.29 is 28.6 Å². The van der Waals surface area contributed by atoms with E-state index in [1.807, 2.05) is 0 Å². The maximum Gasteiger partial charge on any atom is 0.306 e. The van der Waals surface area contributed by atoms with Gasteiger partial charge in [-0.1, -0.05) is 214 Å². The molecule has 6 heteroatoms. The summed E-state index contributed by atoms with van der Waals surface area (Å²) in [6.07, 6.45) is 38.1. The second-order valence-electron chi connectivity index (χ2n) is 17.0. The van der Waals surface area contributed by atoms with Crippen LogP contribution in [0, 0.1) is 11.8 Å². The van der Waals surface area contributed by atoms with Gasteiger partial charge in [-0.05, 0) is 31.1 Å². The molecule has 1 atom stereocenters. The van der Waals surface area contributed by atoms with E-state index in [0.29, 0.717) is 19.3 Å². The van der Waals surface area contributed by atoms with Gasteiger partial charge in [0.05, 0.1) is 0 Å². The summed E-state index contributed by atoms with van der Waals surface area (Å²) in [6.45, 7) is 11.3. The van der Waals surface area contributed by atoms with Crippen LogP contribution in [0.25, 0.3) is 0 Å². The molecular weight excluding hydrogens is 661 g/mol. The Morgan fingerprint density at radius 3 is 0.925 bits per heavy atom. The first-order valence-electron chi connectivity index (χ1n) is 23.2. The Kier molecular flexibility index (Phi) is 38.9. The van der Waals surface area contributed by atoms with E-state index in [2.05, 4.69) is 34.6 Å². The van der Waals surface area contributed by atoms with Crippen molar-refractivity contribution in [3.63, 3.8) is 0 Å². The van der Waals surface area contributed by atoms with Crippen molar-refractivity contribution in [1.29, 1.82) is 0 Å². The first-order chi connectivity index (χ1) is 25.7. The Labute approximate surface area is 329 Å². The van der Waals surface area contributed by atoms with E-state index in [0.717, 1.165) is 69.6 Å². The second kappa shape index (κ2) is 40.1. The Hall–Kier alpha value is -1.59. The molecule has 0 aromatic carbocycles. The van der Waals surface area contributed by atoms with Gasteiger partial charge < -0.3 is 14.2 Å². The molecule has 0 fully saturated rings. The smallest absolute Gasteiger partial charge is 0.306 e. The number of carbonyl (C=O) groups excluding carboxylic acids is 3. The second-order valence-corrected chi connectivity index (χ2v) is 17.0. The average molecular weight is 751 g/mol. The van der Waals surface area contributed by atoms with Gasteiger partial charge in [0.15, 0.2) is 6.10 Å². The fourth-order valence-electron chi connectivity index (χ4n) is 6.93. The lowest BCUT2D eigenvalue weighted by molar-refractivity contribution is -0.167. The van der Waals surface area contributed by atoms with Crippen LogP contribution in [0.3, 0.4) is 0 Å². The predicted molar refractivity (Wildman–Crippen MR) is 224 cm³/mol. The maximum atomic E-state index is 12.7. The molecule has 0 rings (SSSR count). The van der Waals surface area contributed by atoms with Gasteiger partial charge in [-0.2, -0.15) is 0 Å². The van der Waals surface area contributed by atoms with Crippen molar-refractivity contribution in [3.8, 4) is 0 Å². The standard InChI is InChI=1S/C47H90O6/c1-6-7-8-9-10-11-12-13-14-15-16-22-27-32-37-45(48)51-40-44(53-47(50)39-34-29-24-19-21-26-31-36-43(4)5)41-52-46(49)38-33-28-23-18-17-20-25-30-35-42(2)3/h42-44H,6-41H2,1-5H3/t44-/m0/s1. The van der Waals surface area contributed by atoms with Gasteiger partial charge in [0.1, 0.15) is 13.2 Å². The van der Waals surface area contributed by atoms with Gasteiger partial charge in [0.2, 0.25) is 0 Å². The zero-order valence-electron chi connectivity index (χ0n) is 36.1. The molecule has 0 saturated carbocycles. The maximum absolute atomic E-state index is 12.7. The van der Waals surface area contributed by atoms with Gasteiger partial charge in [0.25, 0.3) is 0 Å². The van der Waals surface area contributed by atoms with Crippen LogP contribution in [0.5, 0.6) is 0 Å². The Morgan fingerprint density at radius 1 is 0.358 bits per heavy atom. The minimum atomic E-state index is -0.761. The van der Waals surface area contributed by atoms with E-state index in [9.17, 15) is 14.4 Å². The molecule has 0 bridgehead atoms. The average Bonchev–Trinajstić information content (AvgIpc) is 3.12. The number of hydrogen-bond acceptors (Lipinski definition) is 6. The van der Waals surface area contributed by atoms with Gasteiger partial charge in [-0.15, -0.1) is 0 Å². The topological polar surface area (TPSA) is 78.9 Å². The summed E-state index contributed by atoms with van der Waals surface area (Å²) in [6, 6.07) is 0. The van der Waals surface area contributed by atoms with Crippen molar-refractivity contribution >= 4 is 17.9 Å². The van der Waals surface area contributed by atoms with Crippen LogP contribution in [-0.2, 0) is 28.6 Å². The van der Waals surface area contributed by atoms with Crippen molar-refractivity contribution in [2.45, 2.75) is 259 Å². The first-order valence-corrected chi connectivity index (χ1v) is 23.2. The Bertz CT molecular complexity index is 809. The number of carbonyl (C=O) groups is 3. The highest BCUT2D eigenvalue weighted by atomic mass is 16.6. The summed E-state index contributed by atoms with van der Waals surface area (Å²) in [5.74, 6) is 0.714. The highest BCUT2D eigenvalue weighted by molar-refractivity contribution is 5.71. The van der Waals surface area contributed by atoms with Crippen LogP contribution in [-0.4, -0.2) is 37.2 Å². The molecule has 0 N–H and O–H groups in total. The summed E-state index contributed by atoms with van der Waals surface area (Å²) in [5.41, 5.74) is 0. The van der Waals surface area contributed by atoms with E-state index < -0.39 is 6.10 Å². The molecule has 0 aliphatic carbocycles. The molecule has 0 saturated heterocycles. The third-order valence-electron chi connectivity index (χ3n) is 10.5. The molecule has 0 aromatic rings. The van der Waals surface area contributed by atoms with E-state index in [-0.39, 0.29) is 31.1 Å². The molecule has 0 aliphatic heterocycles. The number of esters is 3. The Morgan fingerprint density at radius 2 is 0.623 bits per heavy atom. The summed E-state index contributed by atoms with van der Waals surface area (Å²) in [7, 11) is 0. The van der Waals surface area contributed by atoms with Crippen molar-refractivity contribution in [3.05, 3.63) is 0 Å². The minimum Gasteiger partial charge on any atom is -0.462 e. The van der Waals surface area contributed by atoms with E-state index in [1.165, 1.54) is 141 Å². The molecule has 0 aromatic heterocycles. The molecule has 53 heavy (non-hydrogen) atoms. The third kappa shape index (κ3) is 41.4. The molecule has 0 radical (unpaired) electrons. The first kappa shape index (κ1) is 51.4. The summed E-state index contributed by atoms with van der Waals surface area (Å²) in [4.78, 5) is 37.7. The number of unbranched alkanes of at least 4 members (excludes halogenated alkanes) is 26. The third-order valence-corrected chi connectivity index (χ3v) is 10.5. The minimum absolute atomic E-state index is 0.0655. The van der Waals surface area contributed by atoms with E-state index in [1.54, 1.807) is 0 Å². The summed E-state index contributed by atoms with van der Waals surface area (Å²) < 4.78 is 16.7. The zero-order valence-corrected chi connectivity index (χ0v) is 36.1. The molecule has 0 unspecified atom stereocenters. The quantitative estimate of drug-likeness (QED) is 0.0352. The highest BCUT2D eigenvalue weighted by Crippen LogP contribution is 2.16. The van der Waals surface area contributed by atoms with Crippen LogP contribution in [0.2, 0.25) is 0 Å². The number of hydrogen-bond donors (Lipinski definition) is 0. The SMILES string of the molecule is CCCCCCCCCCCCCCCCC(=O)OC[C@@H](COC(=O)CCCCCCCCCCC(C)C)OC(=O)CCCCCCCCCC(C)C. The molecule has 314 valence electrons. The number of rotatable bonds is 41. The molecule has 0 spiro atoms. The van der Waals surface area contributed by atoms with Crippen molar-refractivity contribution in [2.24, 2.45) is 11.8 Å². The monoisotopic (exact) mass is 751 g/mol. The van der Waals surface area contributed by atoms with E-state index >= 15 is 0 Å². The molecule has 0 heterocycles. The molecular formula is C47H90O6. The zero-order chi connectivity index (χ0) is 39.0. The van der Waals surface area contributed by atoms with Gasteiger partial charge in [0, 0.05) is 19.3 Å². The molecule has 6 nitrogen and oxygen atoms in total. The van der Waals surface area contributed by atoms with Crippen molar-refractivity contribution in [2.75, 3.05) is 13.2 Å².